The number of aromatic amines is 1. The molecular formula is C6H10N2O. The lowest BCUT2D eigenvalue weighted by atomic mass is 10.3. The van der Waals surface area contributed by atoms with Crippen molar-refractivity contribution in [2.24, 2.45) is 0 Å². The van der Waals surface area contributed by atoms with Gasteiger partial charge in [0.1, 0.15) is 0 Å². The molecule has 0 spiro atoms. The Labute approximate surface area is 53.8 Å². The highest BCUT2D eigenvalue weighted by Crippen LogP contribution is 1.97. The number of rotatable bonds is 0. The van der Waals surface area contributed by atoms with Crippen LogP contribution in [0.5, 0.6) is 0 Å². The van der Waals surface area contributed by atoms with Gasteiger partial charge in [0, 0.05) is 5.56 Å². The molecule has 0 aromatic carbocycles. The number of H-pyrrole nitrogens is 1. The summed E-state index contributed by atoms with van der Waals surface area (Å²) in [4.78, 5) is 2.88. The highest BCUT2D eigenvalue weighted by molar-refractivity contribution is 5.30. The zero-order chi connectivity index (χ0) is 5.98. The molecule has 0 fully saturated rings. The summed E-state index contributed by atoms with van der Waals surface area (Å²) in [5, 5.41) is 0. The van der Waals surface area contributed by atoms with E-state index in [1.54, 1.807) is 0 Å². The molecule has 4 N–H and O–H groups in total. The van der Waals surface area contributed by atoms with Crippen molar-refractivity contribution in [3.05, 3.63) is 23.9 Å². The maximum atomic E-state index is 5.46. The van der Waals surface area contributed by atoms with Crippen LogP contribution in [0.4, 0.5) is 5.82 Å². The Hall–Kier alpha value is -1.09. The van der Waals surface area contributed by atoms with Crippen LogP contribution in [0.2, 0.25) is 0 Å². The zero-order valence-electron chi connectivity index (χ0n) is 5.26. The number of anilines is 1. The predicted octanol–water partition coefficient (Wildman–Crippen LogP) is 0.215. The van der Waals surface area contributed by atoms with Crippen LogP contribution in [0.3, 0.4) is 0 Å². The smallest absolute Gasteiger partial charge is 0.272 e. The lowest BCUT2D eigenvalue weighted by Crippen LogP contribution is -2.09. The first kappa shape index (κ1) is 7.91. The SMILES string of the molecule is Cc1ccc[nH+]c1N.[OH-]. The van der Waals surface area contributed by atoms with Gasteiger partial charge in [-0.2, -0.15) is 0 Å². The van der Waals surface area contributed by atoms with Crippen molar-refractivity contribution in [1.82, 2.24) is 0 Å². The molecule has 0 bridgehead atoms. The largest absolute Gasteiger partial charge is 0.870 e. The number of aromatic nitrogens is 1. The molecule has 0 aliphatic heterocycles. The minimum Gasteiger partial charge on any atom is -0.870 e. The van der Waals surface area contributed by atoms with Crippen molar-refractivity contribution >= 4 is 5.82 Å². The Kier molecular flexibility index (Phi) is 2.67. The van der Waals surface area contributed by atoms with Crippen molar-refractivity contribution < 1.29 is 10.5 Å². The van der Waals surface area contributed by atoms with E-state index in [1.807, 2.05) is 25.3 Å². The summed E-state index contributed by atoms with van der Waals surface area (Å²) in [5.41, 5.74) is 6.55. The van der Waals surface area contributed by atoms with E-state index < -0.39 is 0 Å². The second-order valence-corrected chi connectivity index (χ2v) is 1.77. The van der Waals surface area contributed by atoms with E-state index in [-0.39, 0.29) is 5.48 Å². The van der Waals surface area contributed by atoms with Crippen LogP contribution in [0.1, 0.15) is 5.56 Å². The minimum absolute atomic E-state index is 0. The van der Waals surface area contributed by atoms with Crippen molar-refractivity contribution in [3.63, 3.8) is 0 Å². The normalized spacial score (nSPS) is 8.11. The second kappa shape index (κ2) is 3.04. The van der Waals surface area contributed by atoms with Crippen LogP contribution >= 0.6 is 0 Å². The third-order valence-electron chi connectivity index (χ3n) is 1.11. The first-order valence-corrected chi connectivity index (χ1v) is 2.53. The van der Waals surface area contributed by atoms with Gasteiger partial charge in [0.15, 0.2) is 0 Å². The zero-order valence-corrected chi connectivity index (χ0v) is 5.26. The third-order valence-corrected chi connectivity index (χ3v) is 1.11. The molecule has 0 atom stereocenters. The fraction of sp³-hybridized carbons (Fsp3) is 0.167. The fourth-order valence-electron chi connectivity index (χ4n) is 0.534. The number of aryl methyl sites for hydroxylation is 1. The average Bonchev–Trinajstić information content (AvgIpc) is 1.77. The number of pyridine rings is 1. The number of nitrogens with one attached hydrogen (secondary N) is 1. The summed E-state index contributed by atoms with van der Waals surface area (Å²) in [6.45, 7) is 1.96. The number of hydrogen-bond donors (Lipinski definition) is 1. The van der Waals surface area contributed by atoms with E-state index >= 15 is 0 Å². The van der Waals surface area contributed by atoms with Gasteiger partial charge in [-0.05, 0) is 19.1 Å². The van der Waals surface area contributed by atoms with Gasteiger partial charge in [-0.25, -0.2) is 4.98 Å². The third kappa shape index (κ3) is 1.70. The van der Waals surface area contributed by atoms with Crippen LogP contribution in [0.25, 0.3) is 0 Å². The molecular weight excluding hydrogens is 116 g/mol. The van der Waals surface area contributed by atoms with Gasteiger partial charge in [-0.15, -0.1) is 0 Å². The van der Waals surface area contributed by atoms with Crippen molar-refractivity contribution in [2.75, 3.05) is 5.73 Å². The summed E-state index contributed by atoms with van der Waals surface area (Å²) in [6.07, 6.45) is 1.81. The Morgan fingerprint density at radius 1 is 1.56 bits per heavy atom. The molecule has 50 valence electrons. The molecule has 0 amide bonds. The number of nitrogens with two attached hydrogens (primary N) is 1. The maximum absolute atomic E-state index is 5.46. The van der Waals surface area contributed by atoms with Crippen LogP contribution in [0.15, 0.2) is 18.3 Å². The standard InChI is InChI=1S/C6H8N2.H2O/c1-5-3-2-4-8-6(5)7;/h2-4H,1H3,(H2,7,8);1H2. The van der Waals surface area contributed by atoms with Crippen molar-refractivity contribution in [1.29, 1.82) is 0 Å². The maximum Gasteiger partial charge on any atom is 0.272 e. The molecule has 9 heavy (non-hydrogen) atoms. The van der Waals surface area contributed by atoms with Gasteiger partial charge in [0.05, 0.1) is 6.20 Å². The van der Waals surface area contributed by atoms with Crippen molar-refractivity contribution in [3.8, 4) is 0 Å². The van der Waals surface area contributed by atoms with Gasteiger partial charge in [0.25, 0.3) is 5.82 Å². The summed E-state index contributed by atoms with van der Waals surface area (Å²) in [7, 11) is 0. The fourth-order valence-corrected chi connectivity index (χ4v) is 0.534. The molecule has 0 unspecified atom stereocenters. The summed E-state index contributed by atoms with van der Waals surface area (Å²) in [6, 6.07) is 3.89. The molecule has 1 aromatic heterocycles. The molecule has 3 heteroatoms. The molecule has 0 saturated heterocycles. The quantitative estimate of drug-likeness (QED) is 0.540. The highest BCUT2D eigenvalue weighted by Gasteiger charge is 1.92. The first-order valence-electron chi connectivity index (χ1n) is 2.53. The average molecular weight is 126 g/mol. The Morgan fingerprint density at radius 3 is 2.56 bits per heavy atom. The van der Waals surface area contributed by atoms with Gasteiger partial charge in [0.2, 0.25) is 0 Å². The van der Waals surface area contributed by atoms with E-state index in [0.717, 1.165) is 11.4 Å². The van der Waals surface area contributed by atoms with Crippen LogP contribution in [0, 0.1) is 6.92 Å². The molecule has 1 rings (SSSR count). The topological polar surface area (TPSA) is 70.2 Å². The van der Waals surface area contributed by atoms with Gasteiger partial charge >= 0.3 is 0 Å². The molecule has 1 aromatic rings. The predicted molar refractivity (Wildman–Crippen MR) is 34.1 cm³/mol. The Balaban J connectivity index is 0.000000640. The van der Waals surface area contributed by atoms with E-state index in [2.05, 4.69) is 4.98 Å². The number of hydrogen-bond acceptors (Lipinski definition) is 2. The molecule has 0 aliphatic rings. The monoisotopic (exact) mass is 126 g/mol. The van der Waals surface area contributed by atoms with Crippen LogP contribution in [-0.2, 0) is 0 Å². The first-order chi connectivity index (χ1) is 3.80. The summed E-state index contributed by atoms with van der Waals surface area (Å²) in [5.74, 6) is 0.743. The molecule has 1 heterocycles. The van der Waals surface area contributed by atoms with Gasteiger partial charge in [-0.3, -0.25) is 5.73 Å². The van der Waals surface area contributed by atoms with E-state index in [9.17, 15) is 0 Å². The number of nitrogen functional groups attached to an aromatic ring is 1. The second-order valence-electron chi connectivity index (χ2n) is 1.77. The van der Waals surface area contributed by atoms with Crippen molar-refractivity contribution in [2.45, 2.75) is 6.92 Å². The molecule has 0 saturated carbocycles. The molecule has 0 aliphatic carbocycles. The van der Waals surface area contributed by atoms with Gasteiger partial charge in [-0.1, -0.05) is 0 Å². The molecule has 0 radical (unpaired) electrons. The van der Waals surface area contributed by atoms with E-state index in [1.165, 1.54) is 0 Å². The highest BCUT2D eigenvalue weighted by atomic mass is 16.0. The van der Waals surface area contributed by atoms with Crippen LogP contribution in [-0.4, -0.2) is 5.48 Å². The van der Waals surface area contributed by atoms with E-state index in [4.69, 9.17) is 5.73 Å². The lowest BCUT2D eigenvalue weighted by molar-refractivity contribution is -0.360. The Morgan fingerprint density at radius 2 is 2.22 bits per heavy atom. The molecule has 3 nitrogen and oxygen atoms in total. The summed E-state index contributed by atoms with van der Waals surface area (Å²) < 4.78 is 0. The minimum atomic E-state index is 0. The van der Waals surface area contributed by atoms with Crippen LogP contribution < -0.4 is 10.7 Å². The van der Waals surface area contributed by atoms with Gasteiger partial charge < -0.3 is 5.48 Å². The summed E-state index contributed by atoms with van der Waals surface area (Å²) >= 11 is 0. The van der Waals surface area contributed by atoms with E-state index in [0.29, 0.717) is 0 Å². The Bertz CT molecular complexity index is 167. The lowest BCUT2D eigenvalue weighted by Gasteiger charge is -1.86.